The number of hydrogen-bond donors (Lipinski definition) is 1. The van der Waals surface area contributed by atoms with Crippen LogP contribution in [0.5, 0.6) is 0 Å². The quantitative estimate of drug-likeness (QED) is 0.875. The summed E-state index contributed by atoms with van der Waals surface area (Å²) in [6.45, 7) is 1.91. The molecule has 1 heterocycles. The topological polar surface area (TPSA) is 32.3 Å². The summed E-state index contributed by atoms with van der Waals surface area (Å²) < 4.78 is 0. The molecule has 1 amide bonds. The van der Waals surface area contributed by atoms with Crippen LogP contribution >= 0.6 is 11.6 Å². The van der Waals surface area contributed by atoms with Crippen LogP contribution in [0.4, 0.5) is 0 Å². The molecule has 0 spiro atoms. The lowest BCUT2D eigenvalue weighted by Gasteiger charge is -2.31. The molecular weight excluding hydrogens is 236 g/mol. The molecule has 1 aromatic rings. The molecule has 3 nitrogen and oxygen atoms in total. The van der Waals surface area contributed by atoms with Crippen LogP contribution in [0.15, 0.2) is 24.3 Å². The van der Waals surface area contributed by atoms with Crippen molar-refractivity contribution >= 4 is 17.5 Å². The minimum Gasteiger partial charge on any atom is -0.337 e. The van der Waals surface area contributed by atoms with E-state index in [1.807, 2.05) is 19.2 Å². The maximum Gasteiger partial charge on any atom is 0.255 e. The van der Waals surface area contributed by atoms with Gasteiger partial charge in [-0.25, -0.2) is 0 Å². The number of halogens is 1. The summed E-state index contributed by atoms with van der Waals surface area (Å²) in [6.07, 6.45) is 2.17. The molecule has 0 aromatic heterocycles. The molecule has 1 fully saturated rings. The number of likely N-dealkylation sites (N-methyl/N-ethyl adjacent to an activating group) is 1. The number of nitrogens with one attached hydrogen (secondary N) is 1. The van der Waals surface area contributed by atoms with Crippen LogP contribution < -0.4 is 5.32 Å². The zero-order chi connectivity index (χ0) is 12.3. The van der Waals surface area contributed by atoms with E-state index in [0.717, 1.165) is 25.9 Å². The van der Waals surface area contributed by atoms with Crippen molar-refractivity contribution in [1.29, 1.82) is 0 Å². The molecule has 1 aliphatic heterocycles. The third-order valence-electron chi connectivity index (χ3n) is 3.24. The SMILES string of the molecule is CN(C(=O)c1ccccc1Cl)C1CCCNC1. The lowest BCUT2D eigenvalue weighted by molar-refractivity contribution is 0.0708. The van der Waals surface area contributed by atoms with Crippen LogP contribution in [0.1, 0.15) is 23.2 Å². The van der Waals surface area contributed by atoms with Gasteiger partial charge < -0.3 is 10.2 Å². The van der Waals surface area contributed by atoms with E-state index < -0.39 is 0 Å². The van der Waals surface area contributed by atoms with Crippen LogP contribution in [0.3, 0.4) is 0 Å². The van der Waals surface area contributed by atoms with Crippen LogP contribution in [0, 0.1) is 0 Å². The van der Waals surface area contributed by atoms with E-state index in [4.69, 9.17) is 11.6 Å². The van der Waals surface area contributed by atoms with E-state index in [-0.39, 0.29) is 11.9 Å². The first-order valence-corrected chi connectivity index (χ1v) is 6.30. The first kappa shape index (κ1) is 12.4. The zero-order valence-electron chi connectivity index (χ0n) is 9.95. The van der Waals surface area contributed by atoms with Crippen molar-refractivity contribution in [3.8, 4) is 0 Å². The maximum absolute atomic E-state index is 12.3. The summed E-state index contributed by atoms with van der Waals surface area (Å²) in [5.41, 5.74) is 0.585. The van der Waals surface area contributed by atoms with Gasteiger partial charge in [0.25, 0.3) is 5.91 Å². The lowest BCUT2D eigenvalue weighted by atomic mass is 10.1. The van der Waals surface area contributed by atoms with E-state index >= 15 is 0 Å². The largest absolute Gasteiger partial charge is 0.337 e. The Morgan fingerprint density at radius 2 is 2.24 bits per heavy atom. The van der Waals surface area contributed by atoms with Gasteiger partial charge in [-0.15, -0.1) is 0 Å². The molecule has 1 saturated heterocycles. The highest BCUT2D eigenvalue weighted by molar-refractivity contribution is 6.33. The fourth-order valence-electron chi connectivity index (χ4n) is 2.15. The molecule has 4 heteroatoms. The van der Waals surface area contributed by atoms with Gasteiger partial charge in [-0.05, 0) is 31.5 Å². The number of hydrogen-bond acceptors (Lipinski definition) is 2. The van der Waals surface area contributed by atoms with Gasteiger partial charge in [0.1, 0.15) is 0 Å². The summed E-state index contributed by atoms with van der Waals surface area (Å²) in [5, 5.41) is 3.83. The van der Waals surface area contributed by atoms with Crippen LogP contribution in [0.25, 0.3) is 0 Å². The van der Waals surface area contributed by atoms with Crippen LogP contribution in [0.2, 0.25) is 5.02 Å². The molecule has 1 aliphatic rings. The predicted octanol–water partition coefficient (Wildman–Crippen LogP) is 2.16. The number of carbonyl (C=O) groups is 1. The van der Waals surface area contributed by atoms with Crippen LogP contribution in [-0.2, 0) is 0 Å². The Bertz CT molecular complexity index is 402. The van der Waals surface area contributed by atoms with Crippen molar-refractivity contribution in [3.63, 3.8) is 0 Å². The van der Waals surface area contributed by atoms with Crippen molar-refractivity contribution in [2.24, 2.45) is 0 Å². The number of rotatable bonds is 2. The van der Waals surface area contributed by atoms with Gasteiger partial charge in [-0.1, -0.05) is 23.7 Å². The average Bonchev–Trinajstić information content (AvgIpc) is 2.39. The summed E-state index contributed by atoms with van der Waals surface area (Å²) >= 11 is 6.04. The Morgan fingerprint density at radius 3 is 2.88 bits per heavy atom. The number of amides is 1. The van der Waals surface area contributed by atoms with Gasteiger partial charge in [-0.2, -0.15) is 0 Å². The molecule has 1 unspecified atom stereocenters. The third-order valence-corrected chi connectivity index (χ3v) is 3.57. The van der Waals surface area contributed by atoms with E-state index in [0.29, 0.717) is 10.6 Å². The van der Waals surface area contributed by atoms with Crippen molar-refractivity contribution in [3.05, 3.63) is 34.9 Å². The van der Waals surface area contributed by atoms with Gasteiger partial charge in [-0.3, -0.25) is 4.79 Å². The summed E-state index contributed by atoms with van der Waals surface area (Å²) in [5.74, 6) is 0.00398. The predicted molar refractivity (Wildman–Crippen MR) is 69.4 cm³/mol. The summed E-state index contributed by atoms with van der Waals surface area (Å²) in [7, 11) is 1.85. The number of carbonyl (C=O) groups excluding carboxylic acids is 1. The highest BCUT2D eigenvalue weighted by Crippen LogP contribution is 2.19. The normalized spacial score (nSPS) is 20.0. The highest BCUT2D eigenvalue weighted by Gasteiger charge is 2.23. The van der Waals surface area contributed by atoms with Crippen molar-refractivity contribution < 1.29 is 4.79 Å². The first-order valence-electron chi connectivity index (χ1n) is 5.92. The Balaban J connectivity index is 2.11. The Kier molecular flexibility index (Phi) is 4.02. The zero-order valence-corrected chi connectivity index (χ0v) is 10.7. The van der Waals surface area contributed by atoms with Crippen LogP contribution in [-0.4, -0.2) is 37.0 Å². The molecule has 0 aliphatic carbocycles. The number of benzene rings is 1. The number of nitrogens with zero attached hydrogens (tertiary/aromatic N) is 1. The van der Waals surface area contributed by atoms with E-state index in [9.17, 15) is 4.79 Å². The fourth-order valence-corrected chi connectivity index (χ4v) is 2.37. The van der Waals surface area contributed by atoms with E-state index in [1.54, 1.807) is 17.0 Å². The smallest absolute Gasteiger partial charge is 0.255 e. The molecule has 1 atom stereocenters. The van der Waals surface area contributed by atoms with E-state index in [2.05, 4.69) is 5.32 Å². The van der Waals surface area contributed by atoms with Gasteiger partial charge >= 0.3 is 0 Å². The Morgan fingerprint density at radius 1 is 1.47 bits per heavy atom. The molecule has 2 rings (SSSR count). The minimum absolute atomic E-state index is 0.00398. The molecule has 0 bridgehead atoms. The standard InChI is InChI=1S/C13H17ClN2O/c1-16(10-5-4-8-15-9-10)13(17)11-6-2-3-7-12(11)14/h2-3,6-7,10,15H,4-5,8-9H2,1H3. The van der Waals surface area contributed by atoms with Gasteiger partial charge in [0.2, 0.25) is 0 Å². The second-order valence-electron chi connectivity index (χ2n) is 4.40. The van der Waals surface area contributed by atoms with Crippen molar-refractivity contribution in [1.82, 2.24) is 10.2 Å². The molecule has 0 saturated carbocycles. The van der Waals surface area contributed by atoms with E-state index in [1.165, 1.54) is 0 Å². The second-order valence-corrected chi connectivity index (χ2v) is 4.80. The molecule has 0 radical (unpaired) electrons. The number of piperidine rings is 1. The third kappa shape index (κ3) is 2.79. The Hall–Kier alpha value is -1.06. The monoisotopic (exact) mass is 252 g/mol. The molecule has 1 aromatic carbocycles. The van der Waals surface area contributed by atoms with Gasteiger partial charge in [0.05, 0.1) is 10.6 Å². The molecule has 1 N–H and O–H groups in total. The van der Waals surface area contributed by atoms with Crippen molar-refractivity contribution in [2.75, 3.05) is 20.1 Å². The first-order chi connectivity index (χ1) is 8.20. The Labute approximate surface area is 107 Å². The van der Waals surface area contributed by atoms with Gasteiger partial charge in [0.15, 0.2) is 0 Å². The summed E-state index contributed by atoms with van der Waals surface area (Å²) in [4.78, 5) is 14.1. The summed E-state index contributed by atoms with van der Waals surface area (Å²) in [6, 6.07) is 7.47. The second kappa shape index (κ2) is 5.52. The molecule has 92 valence electrons. The molecule has 17 heavy (non-hydrogen) atoms. The van der Waals surface area contributed by atoms with Crippen molar-refractivity contribution in [2.45, 2.75) is 18.9 Å². The highest BCUT2D eigenvalue weighted by atomic mass is 35.5. The molecular formula is C13H17ClN2O. The van der Waals surface area contributed by atoms with Gasteiger partial charge in [0, 0.05) is 19.6 Å². The minimum atomic E-state index is 0.00398. The maximum atomic E-state index is 12.3. The lowest BCUT2D eigenvalue weighted by Crippen LogP contribution is -2.46. The average molecular weight is 253 g/mol. The fraction of sp³-hybridized carbons (Fsp3) is 0.462.